The summed E-state index contributed by atoms with van der Waals surface area (Å²) in [5, 5.41) is 18.6. The summed E-state index contributed by atoms with van der Waals surface area (Å²) in [5.41, 5.74) is 3.67. The van der Waals surface area contributed by atoms with Crippen molar-refractivity contribution < 1.29 is 5.11 Å². The SMILES string of the molecule is CCCCC[C@H](C)Nc1ncc2c(N3CCC(N(C)C)CC3)cc(C3CCC(O)CC3)n2n1. The second-order valence-corrected chi connectivity index (χ2v) is 10.6. The number of aliphatic hydroxyl groups excluding tert-OH is 1. The highest BCUT2D eigenvalue weighted by Crippen LogP contribution is 2.38. The van der Waals surface area contributed by atoms with Gasteiger partial charge in [-0.3, -0.25) is 0 Å². The van der Waals surface area contributed by atoms with Gasteiger partial charge in [0.05, 0.1) is 18.0 Å². The summed E-state index contributed by atoms with van der Waals surface area (Å²) in [6.45, 7) is 6.61. The van der Waals surface area contributed by atoms with Gasteiger partial charge in [0.25, 0.3) is 0 Å². The van der Waals surface area contributed by atoms with E-state index in [1.807, 2.05) is 6.20 Å². The van der Waals surface area contributed by atoms with Gasteiger partial charge in [0.1, 0.15) is 5.52 Å². The lowest BCUT2D eigenvalue weighted by Gasteiger charge is -2.36. The molecule has 0 bridgehead atoms. The summed E-state index contributed by atoms with van der Waals surface area (Å²) in [6, 6.07) is 3.40. The molecule has 0 unspecified atom stereocenters. The second-order valence-electron chi connectivity index (χ2n) is 10.6. The average Bonchev–Trinajstić information content (AvgIpc) is 3.18. The average molecular weight is 457 g/mol. The normalized spacial score (nSPS) is 23.4. The van der Waals surface area contributed by atoms with E-state index in [0.717, 1.165) is 56.7 Å². The van der Waals surface area contributed by atoms with Crippen LogP contribution in [0.3, 0.4) is 0 Å². The van der Waals surface area contributed by atoms with Gasteiger partial charge in [0.2, 0.25) is 5.95 Å². The number of rotatable bonds is 9. The predicted octanol–water partition coefficient (Wildman–Crippen LogP) is 4.66. The fourth-order valence-corrected chi connectivity index (χ4v) is 5.60. The standard InChI is InChI=1S/C26H44N6O/c1-5-6-7-8-19(2)28-26-27-18-25-24(31-15-13-21(14-16-31)30(3)4)17-23(32(25)29-26)20-9-11-22(33)12-10-20/h17-22,33H,5-16H2,1-4H3,(H,28,29)/t19-,20?,22?/m0/s1. The Bertz CT molecular complexity index is 880. The van der Waals surface area contributed by atoms with Gasteiger partial charge < -0.3 is 20.2 Å². The highest BCUT2D eigenvalue weighted by molar-refractivity contribution is 5.75. The molecule has 2 aromatic heterocycles. The second kappa shape index (κ2) is 11.0. The van der Waals surface area contributed by atoms with Crippen molar-refractivity contribution in [2.75, 3.05) is 37.4 Å². The van der Waals surface area contributed by atoms with Crippen LogP contribution in [-0.2, 0) is 0 Å². The minimum Gasteiger partial charge on any atom is -0.393 e. The van der Waals surface area contributed by atoms with Crippen molar-refractivity contribution in [3.63, 3.8) is 0 Å². The highest BCUT2D eigenvalue weighted by atomic mass is 16.3. The molecule has 0 amide bonds. The molecule has 2 aromatic rings. The number of hydrogen-bond acceptors (Lipinski definition) is 6. The zero-order valence-electron chi connectivity index (χ0n) is 21.1. The number of unbranched alkanes of at least 4 members (excludes halogenated alkanes) is 2. The molecule has 7 heteroatoms. The topological polar surface area (TPSA) is 68.9 Å². The molecule has 7 nitrogen and oxygen atoms in total. The Hall–Kier alpha value is -1.86. The van der Waals surface area contributed by atoms with Crippen LogP contribution in [0.2, 0.25) is 0 Å². The van der Waals surface area contributed by atoms with Gasteiger partial charge in [-0.1, -0.05) is 26.2 Å². The van der Waals surface area contributed by atoms with E-state index in [4.69, 9.17) is 10.1 Å². The van der Waals surface area contributed by atoms with Crippen LogP contribution >= 0.6 is 0 Å². The van der Waals surface area contributed by atoms with Crippen LogP contribution in [0.4, 0.5) is 11.6 Å². The van der Waals surface area contributed by atoms with Gasteiger partial charge in [0, 0.05) is 36.8 Å². The Morgan fingerprint density at radius 3 is 2.52 bits per heavy atom. The molecule has 184 valence electrons. The molecule has 1 aliphatic carbocycles. The minimum absolute atomic E-state index is 0.146. The van der Waals surface area contributed by atoms with Crippen molar-refractivity contribution in [1.82, 2.24) is 19.5 Å². The third-order valence-electron chi connectivity index (χ3n) is 7.79. The van der Waals surface area contributed by atoms with Crippen LogP contribution in [0.25, 0.3) is 5.52 Å². The molecule has 1 saturated carbocycles. The lowest BCUT2D eigenvalue weighted by atomic mass is 9.85. The largest absolute Gasteiger partial charge is 0.393 e. The molecule has 1 atom stereocenters. The molecule has 2 N–H and O–H groups in total. The maximum absolute atomic E-state index is 10.0. The molecule has 0 aromatic carbocycles. The third kappa shape index (κ3) is 5.80. The molecule has 0 radical (unpaired) electrons. The molecular formula is C26H44N6O. The first-order chi connectivity index (χ1) is 16.0. The molecule has 2 aliphatic rings. The number of aliphatic hydroxyl groups is 1. The third-order valence-corrected chi connectivity index (χ3v) is 7.79. The summed E-state index contributed by atoms with van der Waals surface area (Å²) < 4.78 is 2.16. The van der Waals surface area contributed by atoms with E-state index in [1.165, 1.54) is 43.5 Å². The number of nitrogens with zero attached hydrogens (tertiary/aromatic N) is 5. The zero-order valence-corrected chi connectivity index (χ0v) is 21.1. The Kier molecular flexibility index (Phi) is 8.12. The van der Waals surface area contributed by atoms with Gasteiger partial charge in [-0.15, -0.1) is 5.10 Å². The predicted molar refractivity (Wildman–Crippen MR) is 136 cm³/mol. The first-order valence-corrected chi connectivity index (χ1v) is 13.2. The van der Waals surface area contributed by atoms with Crippen LogP contribution in [0.5, 0.6) is 0 Å². The van der Waals surface area contributed by atoms with Crippen molar-refractivity contribution in [3.8, 4) is 0 Å². The van der Waals surface area contributed by atoms with Crippen LogP contribution in [0.15, 0.2) is 12.3 Å². The van der Waals surface area contributed by atoms with Gasteiger partial charge in [-0.05, 0) is 72.0 Å². The van der Waals surface area contributed by atoms with E-state index in [2.05, 4.69) is 53.6 Å². The van der Waals surface area contributed by atoms with E-state index in [0.29, 0.717) is 18.0 Å². The number of fused-ring (bicyclic) bond motifs is 1. The summed E-state index contributed by atoms with van der Waals surface area (Å²) in [4.78, 5) is 9.61. The monoisotopic (exact) mass is 456 g/mol. The van der Waals surface area contributed by atoms with Gasteiger partial charge >= 0.3 is 0 Å². The minimum atomic E-state index is -0.146. The Labute approximate surface area is 199 Å². The number of hydrogen-bond donors (Lipinski definition) is 2. The lowest BCUT2D eigenvalue weighted by Crippen LogP contribution is -2.41. The lowest BCUT2D eigenvalue weighted by molar-refractivity contribution is 0.121. The van der Waals surface area contributed by atoms with Gasteiger partial charge in [-0.25, -0.2) is 9.50 Å². The molecule has 0 spiro atoms. The molecule has 1 saturated heterocycles. The quantitative estimate of drug-likeness (QED) is 0.535. The fraction of sp³-hybridized carbons (Fsp3) is 0.769. The number of anilines is 2. The highest BCUT2D eigenvalue weighted by Gasteiger charge is 2.28. The van der Waals surface area contributed by atoms with Crippen molar-refractivity contribution >= 4 is 17.2 Å². The Balaban J connectivity index is 1.59. The van der Waals surface area contributed by atoms with E-state index < -0.39 is 0 Å². The van der Waals surface area contributed by atoms with Crippen LogP contribution in [0, 0.1) is 0 Å². The van der Waals surface area contributed by atoms with Crippen molar-refractivity contribution in [1.29, 1.82) is 0 Å². The van der Waals surface area contributed by atoms with Crippen LogP contribution in [-0.4, -0.2) is 70.0 Å². The molecular weight excluding hydrogens is 412 g/mol. The van der Waals surface area contributed by atoms with Crippen LogP contribution < -0.4 is 10.2 Å². The molecule has 1 aliphatic heterocycles. The molecule has 33 heavy (non-hydrogen) atoms. The maximum Gasteiger partial charge on any atom is 0.241 e. The Morgan fingerprint density at radius 1 is 1.12 bits per heavy atom. The summed E-state index contributed by atoms with van der Waals surface area (Å²) >= 11 is 0. The number of piperidine rings is 1. The summed E-state index contributed by atoms with van der Waals surface area (Å²) in [7, 11) is 4.38. The van der Waals surface area contributed by atoms with E-state index in [1.54, 1.807) is 0 Å². The Morgan fingerprint density at radius 2 is 1.85 bits per heavy atom. The first kappa shape index (κ1) is 24.3. The zero-order chi connectivity index (χ0) is 23.4. The van der Waals surface area contributed by atoms with Crippen molar-refractivity contribution in [2.24, 2.45) is 0 Å². The molecule has 3 heterocycles. The number of nitrogens with one attached hydrogen (secondary N) is 1. The van der Waals surface area contributed by atoms with Crippen molar-refractivity contribution in [3.05, 3.63) is 18.0 Å². The van der Waals surface area contributed by atoms with Crippen molar-refractivity contribution in [2.45, 2.75) is 102 Å². The molecule has 2 fully saturated rings. The molecule has 4 rings (SSSR count). The first-order valence-electron chi connectivity index (χ1n) is 13.2. The van der Waals surface area contributed by atoms with Crippen LogP contribution in [0.1, 0.15) is 89.7 Å². The van der Waals surface area contributed by atoms with Gasteiger partial charge in [-0.2, -0.15) is 0 Å². The maximum atomic E-state index is 10.0. The van der Waals surface area contributed by atoms with E-state index >= 15 is 0 Å². The fourth-order valence-electron chi connectivity index (χ4n) is 5.60. The summed E-state index contributed by atoms with van der Waals surface area (Å²) in [5.74, 6) is 1.16. The summed E-state index contributed by atoms with van der Waals surface area (Å²) in [6.07, 6.45) is 12.9. The van der Waals surface area contributed by atoms with E-state index in [9.17, 15) is 5.11 Å². The van der Waals surface area contributed by atoms with Gasteiger partial charge in [0.15, 0.2) is 0 Å². The van der Waals surface area contributed by atoms with E-state index in [-0.39, 0.29) is 6.10 Å². The number of aromatic nitrogens is 3. The smallest absolute Gasteiger partial charge is 0.241 e.